The van der Waals surface area contributed by atoms with Gasteiger partial charge in [0, 0.05) is 6.54 Å². The fourth-order valence-corrected chi connectivity index (χ4v) is 2.03. The van der Waals surface area contributed by atoms with E-state index in [2.05, 4.69) is 16.0 Å². The van der Waals surface area contributed by atoms with Gasteiger partial charge in [-0.3, -0.25) is 9.59 Å². The maximum Gasteiger partial charge on any atom is 0.408 e. The highest BCUT2D eigenvalue weighted by Gasteiger charge is 2.31. The third-order valence-corrected chi connectivity index (χ3v) is 3.22. The van der Waals surface area contributed by atoms with E-state index in [1.807, 2.05) is 34.6 Å². The van der Waals surface area contributed by atoms with Gasteiger partial charge in [-0.25, -0.2) is 4.79 Å². The molecule has 0 unspecified atom stereocenters. The molecule has 0 aromatic carbocycles. The first-order valence-electron chi connectivity index (χ1n) is 8.46. The van der Waals surface area contributed by atoms with Crippen molar-refractivity contribution in [3.8, 4) is 0 Å². The molecule has 0 aliphatic rings. The average molecular weight is 343 g/mol. The summed E-state index contributed by atoms with van der Waals surface area (Å²) in [5.74, 6) is -0.865. The summed E-state index contributed by atoms with van der Waals surface area (Å²) in [6.07, 6.45) is -0.657. The molecule has 0 bridgehead atoms. The van der Waals surface area contributed by atoms with E-state index in [0.717, 1.165) is 0 Å². The number of hydrogen-bond acceptors (Lipinski definition) is 4. The molecule has 3 N–H and O–H groups in total. The molecule has 0 radical (unpaired) electrons. The number of hydrogen-bond donors (Lipinski definition) is 3. The lowest BCUT2D eigenvalue weighted by atomic mass is 10.00. The largest absolute Gasteiger partial charge is 0.444 e. The number of ether oxygens (including phenoxy) is 1. The Morgan fingerprint density at radius 3 is 1.71 bits per heavy atom. The minimum atomic E-state index is -0.782. The molecule has 0 aromatic rings. The number of carbonyl (C=O) groups excluding carboxylic acids is 3. The summed E-state index contributed by atoms with van der Waals surface area (Å²) in [7, 11) is 0. The molecule has 0 aliphatic heterocycles. The van der Waals surface area contributed by atoms with Crippen molar-refractivity contribution in [1.82, 2.24) is 16.0 Å². The Morgan fingerprint density at radius 2 is 1.33 bits per heavy atom. The number of amides is 3. The fraction of sp³-hybridized carbons (Fsp3) is 0.824. The van der Waals surface area contributed by atoms with Crippen molar-refractivity contribution in [2.45, 2.75) is 73.1 Å². The molecule has 3 amide bonds. The van der Waals surface area contributed by atoms with Crippen LogP contribution >= 0.6 is 0 Å². The van der Waals surface area contributed by atoms with Gasteiger partial charge < -0.3 is 20.7 Å². The number of alkyl carbamates (subject to hydrolysis) is 1. The number of nitrogens with one attached hydrogen (secondary N) is 3. The Balaban J connectivity index is 5.01. The van der Waals surface area contributed by atoms with Gasteiger partial charge in [-0.1, -0.05) is 27.7 Å². The lowest BCUT2D eigenvalue weighted by Gasteiger charge is -2.28. The van der Waals surface area contributed by atoms with Gasteiger partial charge in [0.15, 0.2) is 0 Å². The second-order valence-electron chi connectivity index (χ2n) is 7.49. The first kappa shape index (κ1) is 22.2. The molecule has 0 spiro atoms. The Kier molecular flexibility index (Phi) is 8.78. The van der Waals surface area contributed by atoms with Crippen LogP contribution in [0.15, 0.2) is 0 Å². The molecule has 0 aliphatic carbocycles. The predicted octanol–water partition coefficient (Wildman–Crippen LogP) is 1.81. The third-order valence-electron chi connectivity index (χ3n) is 3.22. The zero-order chi connectivity index (χ0) is 19.1. The zero-order valence-corrected chi connectivity index (χ0v) is 16.1. The molecule has 140 valence electrons. The smallest absolute Gasteiger partial charge is 0.408 e. The van der Waals surface area contributed by atoms with Crippen LogP contribution < -0.4 is 16.0 Å². The molecule has 24 heavy (non-hydrogen) atoms. The summed E-state index contributed by atoms with van der Waals surface area (Å²) in [4.78, 5) is 36.6. The van der Waals surface area contributed by atoms with Gasteiger partial charge in [0.2, 0.25) is 11.8 Å². The molecule has 2 atom stereocenters. The monoisotopic (exact) mass is 343 g/mol. The van der Waals surface area contributed by atoms with Crippen LogP contribution in [0.2, 0.25) is 0 Å². The maximum atomic E-state index is 12.5. The highest BCUT2D eigenvalue weighted by atomic mass is 16.6. The van der Waals surface area contributed by atoms with Crippen molar-refractivity contribution in [2.24, 2.45) is 11.8 Å². The summed E-state index contributed by atoms with van der Waals surface area (Å²) in [6, 6.07) is -1.44. The van der Waals surface area contributed by atoms with E-state index in [0.29, 0.717) is 6.54 Å². The summed E-state index contributed by atoms with van der Waals surface area (Å²) in [5, 5.41) is 8.02. The first-order chi connectivity index (χ1) is 10.9. The van der Waals surface area contributed by atoms with Gasteiger partial charge in [-0.05, 0) is 39.5 Å². The highest BCUT2D eigenvalue weighted by molar-refractivity contribution is 5.91. The van der Waals surface area contributed by atoms with Crippen LogP contribution in [0.1, 0.15) is 55.4 Å². The Morgan fingerprint density at radius 1 is 0.875 bits per heavy atom. The molecular formula is C17H33N3O4. The van der Waals surface area contributed by atoms with Crippen molar-refractivity contribution < 1.29 is 19.1 Å². The van der Waals surface area contributed by atoms with E-state index >= 15 is 0 Å². The van der Waals surface area contributed by atoms with Crippen LogP contribution in [-0.2, 0) is 14.3 Å². The first-order valence-corrected chi connectivity index (χ1v) is 8.46. The molecule has 0 fully saturated rings. The Hall–Kier alpha value is -1.79. The van der Waals surface area contributed by atoms with E-state index in [4.69, 9.17) is 4.74 Å². The Labute approximate surface area is 145 Å². The van der Waals surface area contributed by atoms with E-state index in [1.165, 1.54) is 0 Å². The maximum absolute atomic E-state index is 12.5. The van der Waals surface area contributed by atoms with Crippen LogP contribution in [0.25, 0.3) is 0 Å². The fourth-order valence-electron chi connectivity index (χ4n) is 2.03. The lowest BCUT2D eigenvalue weighted by molar-refractivity contribution is -0.131. The topological polar surface area (TPSA) is 96.5 Å². The molecule has 0 saturated heterocycles. The van der Waals surface area contributed by atoms with Gasteiger partial charge in [0.1, 0.15) is 17.7 Å². The minimum absolute atomic E-state index is 0.0742. The quantitative estimate of drug-likeness (QED) is 0.657. The molecule has 7 nitrogen and oxygen atoms in total. The zero-order valence-electron chi connectivity index (χ0n) is 16.1. The minimum Gasteiger partial charge on any atom is -0.444 e. The van der Waals surface area contributed by atoms with Crippen molar-refractivity contribution in [3.05, 3.63) is 0 Å². The van der Waals surface area contributed by atoms with E-state index in [-0.39, 0.29) is 17.7 Å². The van der Waals surface area contributed by atoms with Gasteiger partial charge >= 0.3 is 6.09 Å². The summed E-state index contributed by atoms with van der Waals surface area (Å²) in [6.45, 7) is 14.9. The summed E-state index contributed by atoms with van der Waals surface area (Å²) >= 11 is 0. The van der Waals surface area contributed by atoms with Crippen LogP contribution in [-0.4, -0.2) is 42.1 Å². The second-order valence-corrected chi connectivity index (χ2v) is 7.49. The van der Waals surface area contributed by atoms with Crippen molar-refractivity contribution in [3.63, 3.8) is 0 Å². The number of rotatable bonds is 7. The molecular weight excluding hydrogens is 310 g/mol. The van der Waals surface area contributed by atoms with Gasteiger partial charge in [0.25, 0.3) is 0 Å². The van der Waals surface area contributed by atoms with Crippen molar-refractivity contribution in [1.29, 1.82) is 0 Å². The SMILES string of the molecule is CCNC(=O)[C@@H](NC(=O)[C@@H](NC(=O)OC(C)(C)C)C(C)C)C(C)C. The van der Waals surface area contributed by atoms with E-state index in [1.54, 1.807) is 20.8 Å². The summed E-state index contributed by atoms with van der Waals surface area (Å²) < 4.78 is 5.20. The van der Waals surface area contributed by atoms with Gasteiger partial charge in [-0.15, -0.1) is 0 Å². The Bertz CT molecular complexity index is 442. The lowest BCUT2D eigenvalue weighted by Crippen LogP contribution is -2.57. The third kappa shape index (κ3) is 8.17. The predicted molar refractivity (Wildman–Crippen MR) is 93.4 cm³/mol. The number of likely N-dealkylation sites (N-methyl/N-ethyl adjacent to an activating group) is 1. The van der Waals surface area contributed by atoms with Crippen LogP contribution in [0.4, 0.5) is 4.79 Å². The highest BCUT2D eigenvalue weighted by Crippen LogP contribution is 2.10. The molecule has 0 saturated carbocycles. The van der Waals surface area contributed by atoms with E-state index < -0.39 is 29.7 Å². The second kappa shape index (κ2) is 9.49. The van der Waals surface area contributed by atoms with Crippen molar-refractivity contribution in [2.75, 3.05) is 6.54 Å². The molecule has 0 heterocycles. The summed E-state index contributed by atoms with van der Waals surface area (Å²) in [5.41, 5.74) is -0.649. The van der Waals surface area contributed by atoms with Crippen LogP contribution in [0.3, 0.4) is 0 Å². The van der Waals surface area contributed by atoms with E-state index in [9.17, 15) is 14.4 Å². The standard InChI is InChI=1S/C17H33N3O4/c1-9-18-14(21)12(10(2)3)19-15(22)13(11(4)5)20-16(23)24-17(6,7)8/h10-13H,9H2,1-8H3,(H,18,21)(H,19,22)(H,20,23)/t12-,13-/m0/s1. The average Bonchev–Trinajstić information content (AvgIpc) is 2.39. The van der Waals surface area contributed by atoms with Gasteiger partial charge in [0.05, 0.1) is 0 Å². The molecule has 0 aromatic heterocycles. The van der Waals surface area contributed by atoms with Gasteiger partial charge in [-0.2, -0.15) is 0 Å². The van der Waals surface area contributed by atoms with Crippen LogP contribution in [0.5, 0.6) is 0 Å². The molecule has 0 rings (SSSR count). The number of carbonyl (C=O) groups is 3. The molecule has 7 heteroatoms. The van der Waals surface area contributed by atoms with Crippen molar-refractivity contribution >= 4 is 17.9 Å². The van der Waals surface area contributed by atoms with Crippen LogP contribution in [0, 0.1) is 11.8 Å². The normalized spacial score (nSPS) is 14.1.